The largest absolute Gasteiger partial charge is 0.378 e. The minimum absolute atomic E-state index is 0.0191. The number of carbonyl (C=O) groups is 2. The number of para-hydroxylation sites is 1. The quantitative estimate of drug-likeness (QED) is 0.878. The normalized spacial score (nSPS) is 19.5. The monoisotopic (exact) mass is 346 g/mol. The van der Waals surface area contributed by atoms with E-state index in [1.807, 2.05) is 23.1 Å². The molecule has 3 amide bonds. The molecular formula is C18H26N4O3. The first-order valence-corrected chi connectivity index (χ1v) is 8.87. The number of piperazine rings is 1. The molecule has 1 aromatic carbocycles. The van der Waals surface area contributed by atoms with Crippen LogP contribution >= 0.6 is 0 Å². The Balaban J connectivity index is 1.47. The summed E-state index contributed by atoms with van der Waals surface area (Å²) in [5.74, 6) is -0.0191. The molecule has 2 heterocycles. The van der Waals surface area contributed by atoms with Gasteiger partial charge in [-0.05, 0) is 19.1 Å². The summed E-state index contributed by atoms with van der Waals surface area (Å²) in [7, 11) is 0. The zero-order valence-corrected chi connectivity index (χ0v) is 14.7. The zero-order valence-electron chi connectivity index (χ0n) is 14.7. The van der Waals surface area contributed by atoms with E-state index in [0.29, 0.717) is 39.4 Å². The summed E-state index contributed by atoms with van der Waals surface area (Å²) < 4.78 is 5.24. The van der Waals surface area contributed by atoms with Crippen LogP contribution in [0.15, 0.2) is 30.3 Å². The maximum atomic E-state index is 12.6. The lowest BCUT2D eigenvalue weighted by atomic mass is 10.2. The average molecular weight is 346 g/mol. The molecule has 2 aliphatic heterocycles. The molecule has 1 N–H and O–H groups in total. The minimum atomic E-state index is -0.515. The molecule has 2 aliphatic rings. The van der Waals surface area contributed by atoms with Gasteiger partial charge in [-0.1, -0.05) is 18.2 Å². The number of nitrogens with zero attached hydrogens (tertiary/aromatic N) is 3. The Morgan fingerprint density at radius 3 is 2.24 bits per heavy atom. The van der Waals surface area contributed by atoms with Crippen molar-refractivity contribution in [2.75, 3.05) is 57.4 Å². The van der Waals surface area contributed by atoms with Gasteiger partial charge in [0.2, 0.25) is 5.91 Å². The topological polar surface area (TPSA) is 65.1 Å². The molecule has 0 radical (unpaired) electrons. The van der Waals surface area contributed by atoms with Crippen LogP contribution in [0.3, 0.4) is 0 Å². The fourth-order valence-electron chi connectivity index (χ4n) is 3.20. The Hall–Kier alpha value is -2.28. The number of anilines is 1. The van der Waals surface area contributed by atoms with Crippen molar-refractivity contribution in [3.63, 3.8) is 0 Å². The Bertz CT molecular complexity index is 581. The fraction of sp³-hybridized carbons (Fsp3) is 0.556. The summed E-state index contributed by atoms with van der Waals surface area (Å²) in [6.07, 6.45) is 0. The van der Waals surface area contributed by atoms with Crippen LogP contribution in [0.2, 0.25) is 0 Å². The van der Waals surface area contributed by atoms with Gasteiger partial charge < -0.3 is 24.8 Å². The second-order valence-electron chi connectivity index (χ2n) is 6.42. The van der Waals surface area contributed by atoms with Gasteiger partial charge in [-0.15, -0.1) is 0 Å². The lowest BCUT2D eigenvalue weighted by Crippen LogP contribution is -2.56. The molecule has 0 unspecified atom stereocenters. The lowest BCUT2D eigenvalue weighted by molar-refractivity contribution is -0.133. The van der Waals surface area contributed by atoms with Crippen LogP contribution in [0.4, 0.5) is 10.5 Å². The number of benzene rings is 1. The maximum Gasteiger partial charge on any atom is 0.318 e. The molecule has 3 rings (SSSR count). The highest BCUT2D eigenvalue weighted by atomic mass is 16.5. The average Bonchev–Trinajstić information content (AvgIpc) is 2.69. The molecule has 2 fully saturated rings. The van der Waals surface area contributed by atoms with Gasteiger partial charge in [0.15, 0.2) is 0 Å². The second kappa shape index (κ2) is 8.20. The number of urea groups is 1. The molecule has 0 aliphatic carbocycles. The SMILES string of the molecule is C[C@@H](NC(=O)N1CCOCC1)C(=O)N1CCN(c2ccccc2)CC1. The van der Waals surface area contributed by atoms with E-state index in [0.717, 1.165) is 13.1 Å². The number of nitrogens with one attached hydrogen (secondary N) is 1. The van der Waals surface area contributed by atoms with E-state index in [1.54, 1.807) is 11.8 Å². The van der Waals surface area contributed by atoms with Gasteiger partial charge in [-0.2, -0.15) is 0 Å². The van der Waals surface area contributed by atoms with E-state index >= 15 is 0 Å². The van der Waals surface area contributed by atoms with Crippen LogP contribution in [-0.4, -0.2) is 80.3 Å². The first kappa shape index (κ1) is 17.5. The van der Waals surface area contributed by atoms with E-state index in [-0.39, 0.29) is 11.9 Å². The van der Waals surface area contributed by atoms with Crippen LogP contribution in [-0.2, 0) is 9.53 Å². The molecule has 2 saturated heterocycles. The predicted molar refractivity (Wildman–Crippen MR) is 95.6 cm³/mol. The van der Waals surface area contributed by atoms with Gasteiger partial charge >= 0.3 is 6.03 Å². The highest BCUT2D eigenvalue weighted by molar-refractivity contribution is 5.87. The number of carbonyl (C=O) groups excluding carboxylic acids is 2. The Morgan fingerprint density at radius 1 is 0.960 bits per heavy atom. The summed E-state index contributed by atoms with van der Waals surface area (Å²) in [6, 6.07) is 9.52. The van der Waals surface area contributed by atoms with E-state index in [2.05, 4.69) is 22.3 Å². The third-order valence-electron chi connectivity index (χ3n) is 4.72. The summed E-state index contributed by atoms with van der Waals surface area (Å²) in [6.45, 7) is 6.96. The van der Waals surface area contributed by atoms with Gasteiger partial charge in [0.1, 0.15) is 6.04 Å². The molecule has 0 bridgehead atoms. The van der Waals surface area contributed by atoms with Gasteiger partial charge in [-0.25, -0.2) is 4.79 Å². The first-order chi connectivity index (χ1) is 12.1. The molecule has 0 spiro atoms. The Morgan fingerprint density at radius 2 is 1.60 bits per heavy atom. The summed E-state index contributed by atoms with van der Waals surface area (Å²) in [5, 5.41) is 2.82. The van der Waals surface area contributed by atoms with Crippen LogP contribution in [0, 0.1) is 0 Å². The third-order valence-corrected chi connectivity index (χ3v) is 4.72. The third kappa shape index (κ3) is 4.42. The highest BCUT2D eigenvalue weighted by Gasteiger charge is 2.27. The van der Waals surface area contributed by atoms with Crippen molar-refractivity contribution in [3.8, 4) is 0 Å². The molecular weight excluding hydrogens is 320 g/mol. The Labute approximate surface area is 148 Å². The number of amides is 3. The van der Waals surface area contributed by atoms with Crippen LogP contribution < -0.4 is 10.2 Å². The Kier molecular flexibility index (Phi) is 5.75. The number of hydrogen-bond donors (Lipinski definition) is 1. The van der Waals surface area contributed by atoms with E-state index in [9.17, 15) is 9.59 Å². The smallest absolute Gasteiger partial charge is 0.318 e. The van der Waals surface area contributed by atoms with Crippen molar-refractivity contribution < 1.29 is 14.3 Å². The van der Waals surface area contributed by atoms with Crippen LogP contribution in [0.1, 0.15) is 6.92 Å². The number of morpholine rings is 1. The van der Waals surface area contributed by atoms with E-state index in [4.69, 9.17) is 4.74 Å². The molecule has 136 valence electrons. The fourth-order valence-corrected chi connectivity index (χ4v) is 3.20. The van der Waals surface area contributed by atoms with Gasteiger partial charge in [0.25, 0.3) is 0 Å². The van der Waals surface area contributed by atoms with Crippen molar-refractivity contribution in [1.29, 1.82) is 0 Å². The molecule has 0 aromatic heterocycles. The number of hydrogen-bond acceptors (Lipinski definition) is 4. The van der Waals surface area contributed by atoms with Gasteiger partial charge in [-0.3, -0.25) is 4.79 Å². The summed E-state index contributed by atoms with van der Waals surface area (Å²) in [5.41, 5.74) is 1.18. The van der Waals surface area contributed by atoms with Crippen LogP contribution in [0.25, 0.3) is 0 Å². The maximum absolute atomic E-state index is 12.6. The molecule has 7 heteroatoms. The highest BCUT2D eigenvalue weighted by Crippen LogP contribution is 2.16. The predicted octanol–water partition coefficient (Wildman–Crippen LogP) is 0.766. The molecule has 25 heavy (non-hydrogen) atoms. The number of ether oxygens (including phenoxy) is 1. The van der Waals surface area contributed by atoms with Crippen molar-refractivity contribution in [3.05, 3.63) is 30.3 Å². The minimum Gasteiger partial charge on any atom is -0.378 e. The van der Waals surface area contributed by atoms with E-state index < -0.39 is 6.04 Å². The van der Waals surface area contributed by atoms with Crippen molar-refractivity contribution in [1.82, 2.24) is 15.1 Å². The summed E-state index contributed by atoms with van der Waals surface area (Å²) in [4.78, 5) is 30.6. The van der Waals surface area contributed by atoms with Crippen molar-refractivity contribution in [2.45, 2.75) is 13.0 Å². The number of rotatable bonds is 3. The zero-order chi connectivity index (χ0) is 17.6. The van der Waals surface area contributed by atoms with E-state index in [1.165, 1.54) is 5.69 Å². The standard InChI is InChI=1S/C18H26N4O3/c1-15(19-18(24)22-11-13-25-14-12-22)17(23)21-9-7-20(8-10-21)16-5-3-2-4-6-16/h2-6,15H,7-14H2,1H3,(H,19,24)/t15-/m1/s1. The second-order valence-corrected chi connectivity index (χ2v) is 6.42. The van der Waals surface area contributed by atoms with Gasteiger partial charge in [0.05, 0.1) is 13.2 Å². The van der Waals surface area contributed by atoms with Crippen LogP contribution in [0.5, 0.6) is 0 Å². The van der Waals surface area contributed by atoms with Gasteiger partial charge in [0, 0.05) is 45.0 Å². The molecule has 0 saturated carbocycles. The first-order valence-electron chi connectivity index (χ1n) is 8.87. The van der Waals surface area contributed by atoms with Crippen molar-refractivity contribution >= 4 is 17.6 Å². The molecule has 1 aromatic rings. The molecule has 7 nitrogen and oxygen atoms in total. The molecule has 1 atom stereocenters. The lowest BCUT2D eigenvalue weighted by Gasteiger charge is -2.37. The summed E-state index contributed by atoms with van der Waals surface area (Å²) >= 11 is 0. The van der Waals surface area contributed by atoms with Crippen molar-refractivity contribution in [2.24, 2.45) is 0 Å².